The molecule has 3 unspecified atom stereocenters. The summed E-state index contributed by atoms with van der Waals surface area (Å²) >= 11 is 0. The molecule has 0 bridgehead atoms. The molecule has 4 nitrogen and oxygen atoms in total. The van der Waals surface area contributed by atoms with E-state index in [2.05, 4.69) is 6.92 Å². The molecule has 0 aromatic carbocycles. The van der Waals surface area contributed by atoms with E-state index < -0.39 is 0 Å². The molecule has 0 aromatic heterocycles. The number of nitrogens with two attached hydrogens (primary N) is 1. The van der Waals surface area contributed by atoms with Crippen LogP contribution >= 0.6 is 0 Å². The van der Waals surface area contributed by atoms with Crippen molar-refractivity contribution in [2.45, 2.75) is 37.3 Å². The van der Waals surface area contributed by atoms with Crippen LogP contribution in [0.25, 0.3) is 0 Å². The third-order valence-electron chi connectivity index (χ3n) is 3.95. The highest BCUT2D eigenvalue weighted by Gasteiger charge is 2.45. The zero-order valence-corrected chi connectivity index (χ0v) is 10.3. The van der Waals surface area contributed by atoms with Gasteiger partial charge < -0.3 is 19.9 Å². The predicted octanol–water partition coefficient (Wildman–Crippen LogP) is 0.936. The molecular formula is C12H23NO3. The summed E-state index contributed by atoms with van der Waals surface area (Å²) in [5, 5.41) is 0. The monoisotopic (exact) mass is 229 g/mol. The highest BCUT2D eigenvalue weighted by Crippen LogP contribution is 2.39. The second-order valence-electron chi connectivity index (χ2n) is 5.46. The molecule has 2 fully saturated rings. The van der Waals surface area contributed by atoms with Crippen LogP contribution in [0.2, 0.25) is 0 Å². The number of rotatable bonds is 3. The topological polar surface area (TPSA) is 53.7 Å². The Morgan fingerprint density at radius 2 is 2.31 bits per heavy atom. The van der Waals surface area contributed by atoms with Crippen molar-refractivity contribution >= 4 is 0 Å². The number of hydrogen-bond donors (Lipinski definition) is 1. The maximum Gasteiger partial charge on any atom is 0.0940 e. The maximum atomic E-state index is 6.33. The highest BCUT2D eigenvalue weighted by atomic mass is 16.6. The lowest BCUT2D eigenvalue weighted by Crippen LogP contribution is -2.54. The Balaban J connectivity index is 2.00. The Hall–Kier alpha value is -0.160. The fourth-order valence-electron chi connectivity index (χ4n) is 2.88. The van der Waals surface area contributed by atoms with Crippen molar-refractivity contribution < 1.29 is 14.2 Å². The van der Waals surface area contributed by atoms with Crippen molar-refractivity contribution in [3.8, 4) is 0 Å². The van der Waals surface area contributed by atoms with E-state index >= 15 is 0 Å². The van der Waals surface area contributed by atoms with Gasteiger partial charge in [0.15, 0.2) is 0 Å². The Morgan fingerprint density at radius 1 is 1.50 bits per heavy atom. The fraction of sp³-hybridized carbons (Fsp3) is 1.00. The van der Waals surface area contributed by atoms with E-state index in [0.717, 1.165) is 39.1 Å². The van der Waals surface area contributed by atoms with E-state index in [4.69, 9.17) is 19.9 Å². The van der Waals surface area contributed by atoms with Crippen molar-refractivity contribution in [1.82, 2.24) is 0 Å². The summed E-state index contributed by atoms with van der Waals surface area (Å²) in [6.45, 7) is 5.03. The minimum Gasteiger partial charge on any atom is -0.383 e. The fourth-order valence-corrected chi connectivity index (χ4v) is 2.88. The largest absolute Gasteiger partial charge is 0.383 e. The SMILES string of the molecule is COCC(C)(N)C1CCOC2(CCOC2)C1. The van der Waals surface area contributed by atoms with Crippen molar-refractivity contribution in [2.24, 2.45) is 11.7 Å². The first-order chi connectivity index (χ1) is 7.58. The summed E-state index contributed by atoms with van der Waals surface area (Å²) in [5.74, 6) is 0.461. The molecule has 0 aliphatic carbocycles. The molecule has 2 aliphatic heterocycles. The summed E-state index contributed by atoms with van der Waals surface area (Å²) in [6.07, 6.45) is 3.04. The number of methoxy groups -OCH3 is 1. The quantitative estimate of drug-likeness (QED) is 0.782. The lowest BCUT2D eigenvalue weighted by atomic mass is 9.75. The van der Waals surface area contributed by atoms with Crippen LogP contribution in [0.3, 0.4) is 0 Å². The zero-order chi connectivity index (χ0) is 11.6. The van der Waals surface area contributed by atoms with Gasteiger partial charge in [0, 0.05) is 32.3 Å². The summed E-state index contributed by atoms with van der Waals surface area (Å²) in [4.78, 5) is 0. The van der Waals surface area contributed by atoms with Crippen LogP contribution in [-0.4, -0.2) is 44.7 Å². The van der Waals surface area contributed by atoms with Gasteiger partial charge in [-0.1, -0.05) is 0 Å². The molecule has 1 spiro atoms. The van der Waals surface area contributed by atoms with Crippen LogP contribution in [0, 0.1) is 5.92 Å². The van der Waals surface area contributed by atoms with Crippen molar-refractivity contribution in [3.63, 3.8) is 0 Å². The van der Waals surface area contributed by atoms with E-state index in [9.17, 15) is 0 Å². The van der Waals surface area contributed by atoms with Gasteiger partial charge in [-0.2, -0.15) is 0 Å². The molecule has 2 rings (SSSR count). The molecule has 94 valence electrons. The van der Waals surface area contributed by atoms with Crippen molar-refractivity contribution in [3.05, 3.63) is 0 Å². The summed E-state index contributed by atoms with van der Waals surface area (Å²) in [6, 6.07) is 0. The van der Waals surface area contributed by atoms with Crippen LogP contribution < -0.4 is 5.73 Å². The molecular weight excluding hydrogens is 206 g/mol. The van der Waals surface area contributed by atoms with Crippen LogP contribution in [0.4, 0.5) is 0 Å². The van der Waals surface area contributed by atoms with Crippen LogP contribution in [0.15, 0.2) is 0 Å². The molecule has 0 aromatic rings. The molecule has 2 saturated heterocycles. The Labute approximate surface area is 97.4 Å². The van der Waals surface area contributed by atoms with Gasteiger partial charge in [-0.05, 0) is 25.7 Å². The molecule has 0 saturated carbocycles. The molecule has 4 heteroatoms. The molecule has 0 amide bonds. The molecule has 2 heterocycles. The third-order valence-corrected chi connectivity index (χ3v) is 3.95. The summed E-state index contributed by atoms with van der Waals surface area (Å²) < 4.78 is 16.6. The average Bonchev–Trinajstić information content (AvgIpc) is 2.66. The van der Waals surface area contributed by atoms with E-state index in [1.807, 2.05) is 0 Å². The smallest absolute Gasteiger partial charge is 0.0940 e. The van der Waals surface area contributed by atoms with Gasteiger partial charge in [0.1, 0.15) is 0 Å². The van der Waals surface area contributed by atoms with Gasteiger partial charge in [0.25, 0.3) is 0 Å². The maximum absolute atomic E-state index is 6.33. The second-order valence-corrected chi connectivity index (χ2v) is 5.46. The first kappa shape index (κ1) is 12.3. The third kappa shape index (κ3) is 2.40. The molecule has 3 atom stereocenters. The minimum atomic E-state index is -0.256. The van der Waals surface area contributed by atoms with Crippen molar-refractivity contribution in [1.29, 1.82) is 0 Å². The van der Waals surface area contributed by atoms with Gasteiger partial charge in [-0.3, -0.25) is 0 Å². The van der Waals surface area contributed by atoms with Gasteiger partial charge in [-0.15, -0.1) is 0 Å². The Kier molecular flexibility index (Phi) is 3.54. The van der Waals surface area contributed by atoms with E-state index in [0.29, 0.717) is 12.5 Å². The van der Waals surface area contributed by atoms with Crippen LogP contribution in [-0.2, 0) is 14.2 Å². The first-order valence-corrected chi connectivity index (χ1v) is 6.08. The second kappa shape index (κ2) is 4.61. The summed E-state index contributed by atoms with van der Waals surface area (Å²) in [5.41, 5.74) is 6.02. The average molecular weight is 229 g/mol. The Morgan fingerprint density at radius 3 is 2.94 bits per heavy atom. The Bertz CT molecular complexity index is 236. The van der Waals surface area contributed by atoms with Crippen LogP contribution in [0.1, 0.15) is 26.2 Å². The molecule has 16 heavy (non-hydrogen) atoms. The molecule has 2 aliphatic rings. The van der Waals surface area contributed by atoms with Crippen LogP contribution in [0.5, 0.6) is 0 Å². The van der Waals surface area contributed by atoms with Crippen molar-refractivity contribution in [2.75, 3.05) is 33.5 Å². The van der Waals surface area contributed by atoms with Gasteiger partial charge >= 0.3 is 0 Å². The minimum absolute atomic E-state index is 0.0582. The van der Waals surface area contributed by atoms with Gasteiger partial charge in [-0.25, -0.2) is 0 Å². The first-order valence-electron chi connectivity index (χ1n) is 6.08. The van der Waals surface area contributed by atoms with E-state index in [-0.39, 0.29) is 11.1 Å². The normalized spacial score (nSPS) is 38.8. The molecule has 0 radical (unpaired) electrons. The lowest BCUT2D eigenvalue weighted by Gasteiger charge is -2.43. The predicted molar refractivity (Wildman–Crippen MR) is 61.3 cm³/mol. The van der Waals surface area contributed by atoms with E-state index in [1.165, 1.54) is 0 Å². The number of hydrogen-bond acceptors (Lipinski definition) is 4. The molecule has 2 N–H and O–H groups in total. The van der Waals surface area contributed by atoms with Gasteiger partial charge in [0.2, 0.25) is 0 Å². The summed E-state index contributed by atoms with van der Waals surface area (Å²) in [7, 11) is 1.71. The number of ether oxygens (including phenoxy) is 3. The van der Waals surface area contributed by atoms with E-state index in [1.54, 1.807) is 7.11 Å². The van der Waals surface area contributed by atoms with Gasteiger partial charge in [0.05, 0.1) is 18.8 Å². The highest BCUT2D eigenvalue weighted by molar-refractivity contribution is 4.97. The standard InChI is InChI=1S/C12H23NO3/c1-11(13,8-14-2)10-3-5-16-12(7-10)4-6-15-9-12/h10H,3-9,13H2,1-2H3. The zero-order valence-electron chi connectivity index (χ0n) is 10.3. The lowest BCUT2D eigenvalue weighted by molar-refractivity contribution is -0.112.